The number of hydrogen-bond acceptors (Lipinski definition) is 5. The van der Waals surface area contributed by atoms with Gasteiger partial charge in [-0.05, 0) is 32.5 Å². The van der Waals surface area contributed by atoms with Crippen LogP contribution in [0.5, 0.6) is 0 Å². The Hall–Kier alpha value is -0.850. The lowest BCUT2D eigenvalue weighted by Gasteiger charge is -2.22. The van der Waals surface area contributed by atoms with Crippen molar-refractivity contribution in [3.63, 3.8) is 0 Å². The van der Waals surface area contributed by atoms with Crippen LogP contribution < -0.4 is 5.32 Å². The molecular formula is C14H24N2O3S. The lowest BCUT2D eigenvalue weighted by molar-refractivity contribution is 0.232. The lowest BCUT2D eigenvalue weighted by atomic mass is 10.2. The fraction of sp³-hybridized carbons (Fsp3) is 0.714. The molecule has 0 bridgehead atoms. The molecule has 2 heterocycles. The first-order chi connectivity index (χ1) is 9.52. The van der Waals surface area contributed by atoms with Crippen LogP contribution in [-0.2, 0) is 22.9 Å². The van der Waals surface area contributed by atoms with E-state index < -0.39 is 9.84 Å². The van der Waals surface area contributed by atoms with Crippen LogP contribution in [0.1, 0.15) is 31.1 Å². The van der Waals surface area contributed by atoms with Crippen molar-refractivity contribution in [2.75, 3.05) is 25.1 Å². The molecule has 2 rings (SSSR count). The van der Waals surface area contributed by atoms with Gasteiger partial charge in [-0.15, -0.1) is 0 Å². The van der Waals surface area contributed by atoms with Crippen molar-refractivity contribution in [2.45, 2.75) is 38.9 Å². The molecule has 0 amide bonds. The summed E-state index contributed by atoms with van der Waals surface area (Å²) in [6.07, 6.45) is 3.54. The SMILES string of the molecule is CCCNCc1ccoc1CN(C)C1CCS(=O)(=O)C1. The van der Waals surface area contributed by atoms with Gasteiger partial charge in [-0.3, -0.25) is 4.90 Å². The molecule has 6 heteroatoms. The maximum Gasteiger partial charge on any atom is 0.151 e. The Morgan fingerprint density at radius 2 is 2.30 bits per heavy atom. The third-order valence-electron chi connectivity index (χ3n) is 3.80. The Kier molecular flexibility index (Phi) is 5.23. The van der Waals surface area contributed by atoms with Crippen LogP contribution in [0.2, 0.25) is 0 Å². The summed E-state index contributed by atoms with van der Waals surface area (Å²) < 4.78 is 28.6. The van der Waals surface area contributed by atoms with Crippen molar-refractivity contribution in [2.24, 2.45) is 0 Å². The monoisotopic (exact) mass is 300 g/mol. The largest absolute Gasteiger partial charge is 0.468 e. The number of sulfone groups is 1. The normalized spacial score (nSPS) is 21.6. The fourth-order valence-corrected chi connectivity index (χ4v) is 4.35. The smallest absolute Gasteiger partial charge is 0.151 e. The van der Waals surface area contributed by atoms with E-state index in [1.54, 1.807) is 6.26 Å². The molecule has 1 aromatic heterocycles. The molecule has 0 saturated carbocycles. The topological polar surface area (TPSA) is 62.6 Å². The van der Waals surface area contributed by atoms with Gasteiger partial charge >= 0.3 is 0 Å². The van der Waals surface area contributed by atoms with E-state index in [0.717, 1.165) is 37.3 Å². The molecule has 1 fully saturated rings. The molecule has 1 unspecified atom stereocenters. The molecule has 1 aliphatic heterocycles. The van der Waals surface area contributed by atoms with Crippen molar-refractivity contribution >= 4 is 9.84 Å². The Balaban J connectivity index is 1.91. The summed E-state index contributed by atoms with van der Waals surface area (Å²) in [6.45, 7) is 4.59. The minimum atomic E-state index is -2.83. The number of furan rings is 1. The molecule has 0 aromatic carbocycles. The first-order valence-corrected chi connectivity index (χ1v) is 9.00. The van der Waals surface area contributed by atoms with Gasteiger partial charge < -0.3 is 9.73 Å². The van der Waals surface area contributed by atoms with Gasteiger partial charge in [-0.25, -0.2) is 8.42 Å². The van der Waals surface area contributed by atoms with E-state index in [-0.39, 0.29) is 11.8 Å². The first kappa shape index (κ1) is 15.5. The second kappa shape index (κ2) is 6.74. The molecule has 1 aromatic rings. The molecule has 1 saturated heterocycles. The van der Waals surface area contributed by atoms with Gasteiger partial charge in [0.15, 0.2) is 9.84 Å². The molecule has 1 atom stereocenters. The summed E-state index contributed by atoms with van der Waals surface area (Å²) in [5, 5.41) is 3.36. The lowest BCUT2D eigenvalue weighted by Crippen LogP contribution is -2.32. The summed E-state index contributed by atoms with van der Waals surface area (Å²) >= 11 is 0. The van der Waals surface area contributed by atoms with Crippen LogP contribution in [0, 0.1) is 0 Å². The maximum atomic E-state index is 11.5. The van der Waals surface area contributed by atoms with Crippen molar-refractivity contribution in [3.8, 4) is 0 Å². The van der Waals surface area contributed by atoms with Crippen molar-refractivity contribution in [1.29, 1.82) is 0 Å². The van der Waals surface area contributed by atoms with Crippen LogP contribution in [0.25, 0.3) is 0 Å². The Morgan fingerprint density at radius 1 is 1.50 bits per heavy atom. The Labute approximate surface area is 121 Å². The van der Waals surface area contributed by atoms with Gasteiger partial charge in [0.1, 0.15) is 5.76 Å². The third-order valence-corrected chi connectivity index (χ3v) is 5.56. The van der Waals surface area contributed by atoms with Gasteiger partial charge in [0.25, 0.3) is 0 Å². The van der Waals surface area contributed by atoms with E-state index in [1.165, 1.54) is 0 Å². The van der Waals surface area contributed by atoms with Crippen LogP contribution in [0.15, 0.2) is 16.7 Å². The van der Waals surface area contributed by atoms with Gasteiger partial charge in [-0.1, -0.05) is 6.92 Å². The average Bonchev–Trinajstić information content (AvgIpc) is 2.96. The summed E-state index contributed by atoms with van der Waals surface area (Å²) in [7, 11) is -0.862. The first-order valence-electron chi connectivity index (χ1n) is 7.18. The van der Waals surface area contributed by atoms with E-state index in [0.29, 0.717) is 12.3 Å². The standard InChI is InChI=1S/C14H24N2O3S/c1-3-6-15-9-12-4-7-19-14(12)10-16(2)13-5-8-20(17,18)11-13/h4,7,13,15H,3,5-6,8-11H2,1-2H3. The van der Waals surface area contributed by atoms with Crippen molar-refractivity contribution in [3.05, 3.63) is 23.7 Å². The van der Waals surface area contributed by atoms with Gasteiger partial charge in [0.05, 0.1) is 24.3 Å². The number of nitrogens with one attached hydrogen (secondary N) is 1. The minimum Gasteiger partial charge on any atom is -0.468 e. The van der Waals surface area contributed by atoms with Crippen LogP contribution in [0.4, 0.5) is 0 Å². The third kappa shape index (κ3) is 4.07. The maximum absolute atomic E-state index is 11.5. The number of nitrogens with zero attached hydrogens (tertiary/aromatic N) is 1. The second-order valence-corrected chi connectivity index (χ2v) is 7.75. The highest BCUT2D eigenvalue weighted by Crippen LogP contribution is 2.20. The van der Waals surface area contributed by atoms with E-state index >= 15 is 0 Å². The van der Waals surface area contributed by atoms with E-state index in [2.05, 4.69) is 17.1 Å². The number of rotatable bonds is 7. The minimum absolute atomic E-state index is 0.113. The molecule has 1 aliphatic rings. The Bertz CT molecular complexity index is 524. The molecule has 1 N–H and O–H groups in total. The van der Waals surface area contributed by atoms with E-state index in [9.17, 15) is 8.42 Å². The molecular weight excluding hydrogens is 276 g/mol. The highest BCUT2D eigenvalue weighted by Gasteiger charge is 2.31. The average molecular weight is 300 g/mol. The molecule has 5 nitrogen and oxygen atoms in total. The van der Waals surface area contributed by atoms with Gasteiger partial charge in [0.2, 0.25) is 0 Å². The van der Waals surface area contributed by atoms with Crippen molar-refractivity contribution < 1.29 is 12.8 Å². The summed E-state index contributed by atoms with van der Waals surface area (Å²) in [4.78, 5) is 2.09. The highest BCUT2D eigenvalue weighted by atomic mass is 32.2. The van der Waals surface area contributed by atoms with E-state index in [4.69, 9.17) is 4.42 Å². The fourth-order valence-electron chi connectivity index (χ4n) is 2.54. The summed E-state index contributed by atoms with van der Waals surface area (Å²) in [5.74, 6) is 1.51. The molecule has 20 heavy (non-hydrogen) atoms. The summed E-state index contributed by atoms with van der Waals surface area (Å²) in [5.41, 5.74) is 1.16. The molecule has 0 spiro atoms. The van der Waals surface area contributed by atoms with Crippen molar-refractivity contribution in [1.82, 2.24) is 10.2 Å². The number of hydrogen-bond donors (Lipinski definition) is 1. The van der Waals surface area contributed by atoms with Crippen LogP contribution in [-0.4, -0.2) is 44.5 Å². The van der Waals surface area contributed by atoms with Crippen LogP contribution >= 0.6 is 0 Å². The Morgan fingerprint density at radius 3 is 2.95 bits per heavy atom. The van der Waals surface area contributed by atoms with E-state index in [1.807, 2.05) is 13.1 Å². The molecule has 0 aliphatic carbocycles. The predicted molar refractivity (Wildman–Crippen MR) is 79.2 cm³/mol. The van der Waals surface area contributed by atoms with Gasteiger partial charge in [0, 0.05) is 18.2 Å². The zero-order chi connectivity index (χ0) is 14.6. The van der Waals surface area contributed by atoms with Gasteiger partial charge in [-0.2, -0.15) is 0 Å². The molecule has 0 radical (unpaired) electrons. The molecule has 114 valence electrons. The van der Waals surface area contributed by atoms with Crippen LogP contribution in [0.3, 0.4) is 0 Å². The predicted octanol–water partition coefficient (Wildman–Crippen LogP) is 1.40. The summed E-state index contributed by atoms with van der Waals surface area (Å²) in [6, 6.07) is 2.10. The quantitative estimate of drug-likeness (QED) is 0.771. The second-order valence-electron chi connectivity index (χ2n) is 5.52. The zero-order valence-electron chi connectivity index (χ0n) is 12.3. The highest BCUT2D eigenvalue weighted by molar-refractivity contribution is 7.91. The zero-order valence-corrected chi connectivity index (χ0v) is 13.1.